The third-order valence-electron chi connectivity index (χ3n) is 15.1. The summed E-state index contributed by atoms with van der Waals surface area (Å²) < 4.78 is 14.1. The molecule has 2 aliphatic carbocycles. The fourth-order valence-electron chi connectivity index (χ4n) is 11.4. The molecule has 1 unspecified atom stereocenters. The average molecular weight is 936 g/mol. The van der Waals surface area contributed by atoms with Crippen molar-refractivity contribution in [3.8, 4) is 17.2 Å². The lowest BCUT2D eigenvalue weighted by molar-refractivity contribution is -0.763. The second kappa shape index (κ2) is 18.5. The molecule has 4 aliphatic heterocycles. The van der Waals surface area contributed by atoms with Gasteiger partial charge in [0, 0.05) is 73.1 Å². The van der Waals surface area contributed by atoms with E-state index in [0.29, 0.717) is 88.6 Å². The summed E-state index contributed by atoms with van der Waals surface area (Å²) in [5.41, 5.74) is -0.0181. The second-order valence-corrected chi connectivity index (χ2v) is 19.6. The summed E-state index contributed by atoms with van der Waals surface area (Å²) in [4.78, 5) is 44.7. The normalized spacial score (nSPS) is 27.7. The van der Waals surface area contributed by atoms with Crippen LogP contribution in [0.4, 0.5) is 5.69 Å². The van der Waals surface area contributed by atoms with Crippen LogP contribution >= 0.6 is 0 Å². The Morgan fingerprint density at radius 3 is 2.62 bits per heavy atom. The van der Waals surface area contributed by atoms with E-state index in [-0.39, 0.29) is 47.0 Å². The molecule has 6 aliphatic rings. The first-order chi connectivity index (χ1) is 32.7. The van der Waals surface area contributed by atoms with E-state index in [1.54, 1.807) is 19.2 Å². The Balaban J connectivity index is 1.07. The van der Waals surface area contributed by atoms with Gasteiger partial charge in [0.05, 0.1) is 12.0 Å². The van der Waals surface area contributed by atoms with Gasteiger partial charge in [-0.1, -0.05) is 31.1 Å². The topological polar surface area (TPSA) is 257 Å². The lowest BCUT2D eigenvalue weighted by Gasteiger charge is -2.51. The summed E-state index contributed by atoms with van der Waals surface area (Å²) in [6.45, 7) is 1.52. The number of carbonyl (C=O) groups excluding carboxylic acids is 1. The van der Waals surface area contributed by atoms with Gasteiger partial charge in [-0.15, -0.1) is 0 Å². The van der Waals surface area contributed by atoms with Gasteiger partial charge in [0.25, 0.3) is 0 Å². The van der Waals surface area contributed by atoms with Crippen LogP contribution in [0.1, 0.15) is 55.4 Å². The Labute approximate surface area is 391 Å². The molecule has 68 heavy (non-hydrogen) atoms. The van der Waals surface area contributed by atoms with Crippen molar-refractivity contribution in [2.24, 2.45) is 22.7 Å². The number of aliphatic hydroxyl groups excluding tert-OH is 4. The number of fused-ring (bicyclic) bond motifs is 4. The van der Waals surface area contributed by atoms with Crippen molar-refractivity contribution < 1.29 is 64.4 Å². The first-order valence-electron chi connectivity index (χ1n) is 23.6. The van der Waals surface area contributed by atoms with Crippen molar-refractivity contribution in [3.63, 3.8) is 0 Å². The molecule has 1 saturated carbocycles. The number of benzene rings is 3. The zero-order valence-corrected chi connectivity index (χ0v) is 37.8. The van der Waals surface area contributed by atoms with Crippen LogP contribution in [-0.2, 0) is 27.4 Å². The Bertz CT molecular complexity index is 2800. The molecule has 5 heterocycles. The number of carbonyl (C=O) groups is 1. The van der Waals surface area contributed by atoms with Gasteiger partial charge in [-0.25, -0.2) is 9.78 Å². The first kappa shape index (κ1) is 46.3. The molecule has 1 amide bonds. The number of aromatic hydroxyl groups is 2. The van der Waals surface area contributed by atoms with E-state index in [1.807, 2.05) is 12.3 Å². The lowest BCUT2D eigenvalue weighted by atomic mass is 9.66. The molecule has 4 aromatic rings. The Morgan fingerprint density at radius 1 is 1.03 bits per heavy atom. The molecule has 0 radical (unpaired) electrons. The quantitative estimate of drug-likeness (QED) is 0.0465. The third kappa shape index (κ3) is 8.54. The van der Waals surface area contributed by atoms with Crippen LogP contribution in [-0.4, -0.2) is 122 Å². The zero-order valence-electron chi connectivity index (χ0n) is 37.8. The maximum absolute atomic E-state index is 13.8. The molecule has 1 spiro atoms. The van der Waals surface area contributed by atoms with E-state index in [2.05, 4.69) is 27.8 Å². The number of rotatable bonds is 15. The van der Waals surface area contributed by atoms with E-state index in [1.165, 1.54) is 36.4 Å². The Morgan fingerprint density at radius 2 is 1.85 bits per heavy atom. The number of aliphatic hydroxyl groups is 5. The first-order valence-corrected chi connectivity index (χ1v) is 23.6. The highest BCUT2D eigenvalue weighted by molar-refractivity contribution is 5.92. The predicted molar refractivity (Wildman–Crippen MR) is 248 cm³/mol. The van der Waals surface area contributed by atoms with Gasteiger partial charge in [-0.3, -0.25) is 19.5 Å². The number of phenolic OH excluding ortho intramolecular Hbond substituents is 2. The molecule has 2 fully saturated rings. The number of nitrogens with one attached hydrogen (secondary N) is 3. The molecule has 17 nitrogen and oxygen atoms in total. The van der Waals surface area contributed by atoms with Crippen molar-refractivity contribution in [1.29, 1.82) is 0 Å². The SMILES string of the molecule is Cc1cc(=O)c2cc3c(c([NH+]4C=C5N=CC=C5C4)c2o1)O[C@]1(C[C@@H]([C@H]2CNC(=O)C2)C=C[C@@H]1CNC1CCCC1)[C@H](OOC[C@@](O)(Cc1ccc(O)c2ccc(O)cc12)[C@@H](O)[C@H](O)[C@H](O)CO)C3. The smallest absolute Gasteiger partial charge is 0.222 e. The van der Waals surface area contributed by atoms with E-state index in [9.17, 15) is 45.3 Å². The highest BCUT2D eigenvalue weighted by Crippen LogP contribution is 2.51. The monoisotopic (exact) mass is 935 g/mol. The summed E-state index contributed by atoms with van der Waals surface area (Å²) in [7, 11) is 0. The van der Waals surface area contributed by atoms with Crippen molar-refractivity contribution in [2.45, 2.75) is 100.0 Å². The molecule has 10 atom stereocenters. The van der Waals surface area contributed by atoms with Gasteiger partial charge in [-0.05, 0) is 85.4 Å². The van der Waals surface area contributed by atoms with Crippen molar-refractivity contribution in [2.75, 3.05) is 32.8 Å². The van der Waals surface area contributed by atoms with Gasteiger partial charge in [0.15, 0.2) is 11.2 Å². The van der Waals surface area contributed by atoms with Crippen molar-refractivity contribution in [1.82, 2.24) is 10.6 Å². The molecule has 1 aromatic heterocycles. The van der Waals surface area contributed by atoms with Crippen LogP contribution in [0.5, 0.6) is 17.2 Å². The number of aliphatic imine (C=N–C) groups is 1. The van der Waals surface area contributed by atoms with E-state index < -0.39 is 55.3 Å². The van der Waals surface area contributed by atoms with Gasteiger partial charge in [0.2, 0.25) is 17.2 Å². The summed E-state index contributed by atoms with van der Waals surface area (Å²) >= 11 is 0. The summed E-state index contributed by atoms with van der Waals surface area (Å²) in [5, 5.41) is 84.5. The molecule has 10 N–H and O–H groups in total. The largest absolute Gasteiger partial charge is 0.508 e. The fraction of sp³-hybridized carbons (Fsp3) is 0.471. The van der Waals surface area contributed by atoms with E-state index in [4.69, 9.17) is 18.9 Å². The summed E-state index contributed by atoms with van der Waals surface area (Å²) in [5.74, 6) is 0.153. The predicted octanol–water partition coefficient (Wildman–Crippen LogP) is 1.95. The van der Waals surface area contributed by atoms with Gasteiger partial charge in [-0.2, -0.15) is 0 Å². The summed E-state index contributed by atoms with van der Waals surface area (Å²) in [6.07, 6.45) is 7.77. The van der Waals surface area contributed by atoms with Crippen LogP contribution in [0.3, 0.4) is 0 Å². The highest BCUT2D eigenvalue weighted by atomic mass is 17.2. The maximum Gasteiger partial charge on any atom is 0.222 e. The van der Waals surface area contributed by atoms with Gasteiger partial charge >= 0.3 is 0 Å². The minimum atomic E-state index is -2.43. The molecule has 0 bridgehead atoms. The van der Waals surface area contributed by atoms with Crippen molar-refractivity contribution in [3.05, 3.63) is 105 Å². The average Bonchev–Trinajstić information content (AvgIpc) is 4.16. The van der Waals surface area contributed by atoms with Crippen LogP contribution in [0.2, 0.25) is 0 Å². The molecule has 10 rings (SSSR count). The number of hydrogen-bond donors (Lipinski definition) is 10. The molecule has 1 saturated heterocycles. The molecule has 17 heteroatoms. The maximum atomic E-state index is 13.8. The van der Waals surface area contributed by atoms with Gasteiger partial charge < -0.3 is 55.5 Å². The third-order valence-corrected chi connectivity index (χ3v) is 15.1. The van der Waals surface area contributed by atoms with Crippen LogP contribution in [0.15, 0.2) is 92.4 Å². The number of quaternary nitrogens is 1. The number of ether oxygens (including phenoxy) is 1. The Hall–Kier alpha value is -5.47. The number of nitrogens with zero attached hydrogens (tertiary/aromatic N) is 1. The summed E-state index contributed by atoms with van der Waals surface area (Å²) in [6, 6.07) is 10.7. The molecule has 3 aromatic carbocycles. The second-order valence-electron chi connectivity index (χ2n) is 19.6. The molecular weight excluding hydrogens is 877 g/mol. The lowest BCUT2D eigenvalue weighted by Crippen LogP contribution is -3.01. The fourth-order valence-corrected chi connectivity index (χ4v) is 11.4. The molecule has 360 valence electrons. The number of aryl methyl sites for hydroxylation is 1. The minimum Gasteiger partial charge on any atom is -0.508 e. The number of phenols is 2. The minimum absolute atomic E-state index is 0.0381. The highest BCUT2D eigenvalue weighted by Gasteiger charge is 2.57. The van der Waals surface area contributed by atoms with Crippen LogP contribution in [0.25, 0.3) is 21.7 Å². The number of hydrogen-bond acceptors (Lipinski definition) is 15. The standard InChI is InChI=1S/C51H58N4O13/c1-27-14-41(59)38-15-31-16-43(68-65-26-50(64,49(63)46(62)42(60)25-56)19-29-7-11-40(58)36-10-9-35(57)18-37(29)36)51(67-47(31)45(48(38)66-27)55-23-30-12-13-52-39(30)24-55)20-28(32-17-44(61)54-21-32)6-8-33(51)22-53-34-4-2-3-5-34/h6-15,18,24,28,32-34,42-43,46,49,53,56-58,60,62-64H,2-5,16-17,19-23,25-26H2,1H3,(H,54,61)/p+1/t28-,32+,33+,42+,43+,46+,49-,50-,51-/m0/s1. The van der Waals surface area contributed by atoms with Crippen LogP contribution < -0.4 is 25.7 Å². The van der Waals surface area contributed by atoms with E-state index in [0.717, 1.165) is 41.9 Å². The van der Waals surface area contributed by atoms with Crippen LogP contribution in [0, 0.1) is 24.7 Å². The van der Waals surface area contributed by atoms with Crippen molar-refractivity contribution >= 4 is 39.6 Å². The molecular formula is C51H59N4O13+. The van der Waals surface area contributed by atoms with Gasteiger partial charge in [0.1, 0.15) is 77.9 Å². The Kier molecular flexibility index (Phi) is 12.6. The number of amides is 1. The number of allylic oxidation sites excluding steroid dienone is 2. The zero-order chi connectivity index (χ0) is 47.5. The van der Waals surface area contributed by atoms with E-state index >= 15 is 0 Å².